The van der Waals surface area contributed by atoms with E-state index in [0.29, 0.717) is 38.5 Å². The third-order valence-electron chi connectivity index (χ3n) is 19.3. The van der Waals surface area contributed by atoms with E-state index >= 15 is 0 Å². The van der Waals surface area contributed by atoms with E-state index in [1.807, 2.05) is 6.92 Å². The van der Waals surface area contributed by atoms with E-state index < -0.39 is 116 Å². The summed E-state index contributed by atoms with van der Waals surface area (Å²) in [7, 11) is 0. The van der Waals surface area contributed by atoms with Crippen molar-refractivity contribution in [2.45, 2.75) is 198 Å². The zero-order valence-electron chi connectivity index (χ0n) is 38.6. The van der Waals surface area contributed by atoms with Crippen LogP contribution in [0, 0.1) is 50.2 Å². The van der Waals surface area contributed by atoms with Gasteiger partial charge in [-0.25, -0.2) is 0 Å². The van der Waals surface area contributed by atoms with Gasteiger partial charge in [0.2, 0.25) is 0 Å². The third-order valence-corrected chi connectivity index (χ3v) is 19.3. The van der Waals surface area contributed by atoms with Crippen LogP contribution in [0.15, 0.2) is 11.6 Å². The minimum absolute atomic E-state index is 0.0138. The van der Waals surface area contributed by atoms with Crippen LogP contribution in [0.25, 0.3) is 0 Å². The molecule has 65 heavy (non-hydrogen) atoms. The Labute approximate surface area is 380 Å². The molecule has 3 heterocycles. The molecular weight excluding hydrogens is 852 g/mol. The molecule has 3 saturated heterocycles. The second-order valence-corrected chi connectivity index (χ2v) is 22.7. The largest absolute Gasteiger partial charge is 0.481 e. The zero-order chi connectivity index (χ0) is 47.4. The van der Waals surface area contributed by atoms with E-state index in [-0.39, 0.29) is 59.2 Å². The van der Waals surface area contributed by atoms with Crippen LogP contribution in [0.5, 0.6) is 0 Å². The second kappa shape index (κ2) is 17.8. The maximum atomic E-state index is 13.2. The van der Waals surface area contributed by atoms with Crippen LogP contribution in [0.2, 0.25) is 0 Å². The van der Waals surface area contributed by atoms with Crippen molar-refractivity contribution < 1.29 is 89.4 Å². The summed E-state index contributed by atoms with van der Waals surface area (Å²) in [5.74, 6) is -0.786. The monoisotopic (exact) mass is 929 g/mol. The standard InChI is InChI=1S/C47H76O18/c1-22-30(52)32(54)34(56)38(61-22)65-37-36(64-39-35(57)33(55)31(53)26(18-48)62-39)25(51)19-60-40(37)63-29-10-11-43(3)27(44(29,4)21-50)9-12-46(6)28(43)8-7-23-24-17-42(2,20-49)13-15-47(24,41(58)59)16-14-45(23,46)5/h7,22,24-40,48-57H,8-21H2,1-6H3,(H,58,59). The Morgan fingerprint density at radius 1 is 0.708 bits per heavy atom. The van der Waals surface area contributed by atoms with Crippen LogP contribution in [-0.2, 0) is 33.2 Å². The van der Waals surface area contributed by atoms with Crippen molar-refractivity contribution in [1.82, 2.24) is 0 Å². The number of ether oxygens (including phenoxy) is 6. The Morgan fingerprint density at radius 3 is 2.00 bits per heavy atom. The number of allylic oxidation sites excluding steroid dienone is 2. The van der Waals surface area contributed by atoms with Gasteiger partial charge in [0.25, 0.3) is 0 Å². The van der Waals surface area contributed by atoms with Crippen molar-refractivity contribution in [3.05, 3.63) is 11.6 Å². The van der Waals surface area contributed by atoms with E-state index in [4.69, 9.17) is 28.4 Å². The van der Waals surface area contributed by atoms with Crippen LogP contribution >= 0.6 is 0 Å². The van der Waals surface area contributed by atoms with Gasteiger partial charge in [0.15, 0.2) is 18.9 Å². The predicted octanol–water partition coefficient (Wildman–Crippen LogP) is 0.318. The highest BCUT2D eigenvalue weighted by molar-refractivity contribution is 5.76. The molecule has 7 fully saturated rings. The lowest BCUT2D eigenvalue weighted by Crippen LogP contribution is -2.67. The van der Waals surface area contributed by atoms with Gasteiger partial charge in [-0.15, -0.1) is 0 Å². The summed E-state index contributed by atoms with van der Waals surface area (Å²) in [6.45, 7) is 11.3. The van der Waals surface area contributed by atoms with Crippen molar-refractivity contribution in [3.63, 3.8) is 0 Å². The molecule has 18 nitrogen and oxygen atoms in total. The van der Waals surface area contributed by atoms with Gasteiger partial charge in [0, 0.05) is 12.0 Å². The molecule has 8 rings (SSSR count). The maximum absolute atomic E-state index is 13.2. The number of aliphatic carboxylic acids is 1. The Kier molecular flexibility index (Phi) is 13.7. The number of hydrogen-bond donors (Lipinski definition) is 11. The summed E-state index contributed by atoms with van der Waals surface area (Å²) in [6.07, 6.45) is -13.4. The first kappa shape index (κ1) is 50.0. The van der Waals surface area contributed by atoms with Gasteiger partial charge < -0.3 is 84.6 Å². The lowest BCUT2D eigenvalue weighted by Gasteiger charge is -2.71. The molecule has 0 aromatic carbocycles. The number of carboxylic acid groups (broad SMARTS) is 1. The number of fused-ring (bicyclic) bond motifs is 7. The maximum Gasteiger partial charge on any atom is 0.310 e. The van der Waals surface area contributed by atoms with Crippen LogP contribution in [0.3, 0.4) is 0 Å². The smallest absolute Gasteiger partial charge is 0.310 e. The molecule has 0 spiro atoms. The number of aliphatic hydroxyl groups excluding tert-OH is 10. The topological polar surface area (TPSA) is 295 Å². The quantitative estimate of drug-likeness (QED) is 0.104. The van der Waals surface area contributed by atoms with Gasteiger partial charge in [-0.05, 0) is 111 Å². The number of carbonyl (C=O) groups is 1. The Morgan fingerprint density at radius 2 is 1.35 bits per heavy atom. The molecule has 24 atom stereocenters. The molecule has 0 aromatic rings. The summed E-state index contributed by atoms with van der Waals surface area (Å²) in [5, 5.41) is 118. The third kappa shape index (κ3) is 7.71. The van der Waals surface area contributed by atoms with Crippen molar-refractivity contribution in [2.75, 3.05) is 26.4 Å². The van der Waals surface area contributed by atoms with Crippen molar-refractivity contribution in [2.24, 2.45) is 50.2 Å². The average molecular weight is 929 g/mol. The molecule has 372 valence electrons. The fourth-order valence-electron chi connectivity index (χ4n) is 14.9. The Balaban J connectivity index is 1.08. The van der Waals surface area contributed by atoms with Crippen LogP contribution in [-0.4, -0.2) is 181 Å². The van der Waals surface area contributed by atoms with Crippen molar-refractivity contribution in [3.8, 4) is 0 Å². The first-order valence-electron chi connectivity index (χ1n) is 23.9. The van der Waals surface area contributed by atoms with Crippen LogP contribution in [0.4, 0.5) is 0 Å². The minimum Gasteiger partial charge on any atom is -0.481 e. The van der Waals surface area contributed by atoms with Gasteiger partial charge >= 0.3 is 5.97 Å². The van der Waals surface area contributed by atoms with Gasteiger partial charge in [0.1, 0.15) is 61.0 Å². The fraction of sp³-hybridized carbons (Fsp3) is 0.936. The van der Waals surface area contributed by atoms with E-state index in [0.717, 1.165) is 25.7 Å². The van der Waals surface area contributed by atoms with Crippen molar-refractivity contribution in [1.29, 1.82) is 0 Å². The number of rotatable bonds is 10. The van der Waals surface area contributed by atoms with E-state index in [2.05, 4.69) is 33.8 Å². The van der Waals surface area contributed by atoms with E-state index in [9.17, 15) is 61.0 Å². The summed E-state index contributed by atoms with van der Waals surface area (Å²) < 4.78 is 36.9. The first-order chi connectivity index (χ1) is 30.5. The molecule has 0 amide bonds. The highest BCUT2D eigenvalue weighted by atomic mass is 16.8. The van der Waals surface area contributed by atoms with Gasteiger partial charge in [-0.1, -0.05) is 46.3 Å². The van der Waals surface area contributed by atoms with Crippen LogP contribution < -0.4 is 0 Å². The molecule has 0 bridgehead atoms. The Bertz CT molecular complexity index is 1770. The van der Waals surface area contributed by atoms with E-state index in [1.54, 1.807) is 0 Å². The molecule has 8 aliphatic rings. The highest BCUT2D eigenvalue weighted by Crippen LogP contribution is 2.76. The van der Waals surface area contributed by atoms with Crippen molar-refractivity contribution >= 4 is 5.97 Å². The van der Waals surface area contributed by atoms with Gasteiger partial charge in [-0.3, -0.25) is 4.79 Å². The van der Waals surface area contributed by atoms with E-state index in [1.165, 1.54) is 12.5 Å². The second-order valence-electron chi connectivity index (χ2n) is 22.7. The molecular formula is C47H76O18. The molecule has 18 heteroatoms. The number of carboxylic acids is 1. The molecule has 0 aromatic heterocycles. The molecule has 5 aliphatic carbocycles. The normalized spacial score (nSPS) is 55.8. The molecule has 11 N–H and O–H groups in total. The zero-order valence-corrected chi connectivity index (χ0v) is 38.6. The Hall–Kier alpha value is -1.43. The average Bonchev–Trinajstić information content (AvgIpc) is 3.27. The first-order valence-corrected chi connectivity index (χ1v) is 23.9. The lowest BCUT2D eigenvalue weighted by atomic mass is 9.33. The number of hydrogen-bond acceptors (Lipinski definition) is 17. The van der Waals surface area contributed by atoms with Crippen LogP contribution in [0.1, 0.15) is 106 Å². The highest BCUT2D eigenvalue weighted by Gasteiger charge is 2.70. The molecule has 3 aliphatic heterocycles. The predicted molar refractivity (Wildman–Crippen MR) is 226 cm³/mol. The summed E-state index contributed by atoms with van der Waals surface area (Å²) in [6, 6.07) is 0. The molecule has 0 radical (unpaired) electrons. The van der Waals surface area contributed by atoms with Gasteiger partial charge in [-0.2, -0.15) is 0 Å². The lowest BCUT2D eigenvalue weighted by molar-refractivity contribution is -0.388. The molecule has 4 saturated carbocycles. The number of aliphatic hydroxyl groups is 10. The minimum atomic E-state index is -1.84. The SMILES string of the molecule is CC1OC(OC2C(OC3CCC4(C)C(CCC5(C)C4CC=C4C6CC(C)(CO)CCC6(C(=O)O)CCC45C)C3(C)CO)OCC(O)C2OC2OC(CO)C(O)C(O)C2O)C(O)C(O)C1O. The summed E-state index contributed by atoms with van der Waals surface area (Å²) in [5.41, 5.74) is -1.60. The fourth-order valence-corrected chi connectivity index (χ4v) is 14.9. The molecule has 24 unspecified atom stereocenters. The summed E-state index contributed by atoms with van der Waals surface area (Å²) >= 11 is 0. The van der Waals surface area contributed by atoms with Gasteiger partial charge in [0.05, 0.1) is 37.4 Å². The summed E-state index contributed by atoms with van der Waals surface area (Å²) in [4.78, 5) is 13.2.